The maximum absolute atomic E-state index is 5.60. The van der Waals surface area contributed by atoms with Gasteiger partial charge in [0.25, 0.3) is 0 Å². The van der Waals surface area contributed by atoms with Gasteiger partial charge >= 0.3 is 0 Å². The Morgan fingerprint density at radius 1 is 1.22 bits per heavy atom. The lowest BCUT2D eigenvalue weighted by atomic mass is 9.68. The van der Waals surface area contributed by atoms with Crippen molar-refractivity contribution in [1.82, 2.24) is 5.32 Å². The highest BCUT2D eigenvalue weighted by molar-refractivity contribution is 5.12. The second kappa shape index (κ2) is 4.49. The van der Waals surface area contributed by atoms with Gasteiger partial charge in [0, 0.05) is 19.2 Å². The van der Waals surface area contributed by atoms with E-state index in [-0.39, 0.29) is 0 Å². The minimum absolute atomic E-state index is 0.489. The molecule has 1 saturated heterocycles. The van der Waals surface area contributed by atoms with Crippen LogP contribution >= 0.6 is 0 Å². The molecule has 2 nitrogen and oxygen atoms in total. The van der Waals surface area contributed by atoms with Crippen LogP contribution in [0.25, 0.3) is 0 Å². The van der Waals surface area contributed by atoms with Crippen molar-refractivity contribution < 1.29 is 4.74 Å². The lowest BCUT2D eigenvalue weighted by Gasteiger charge is -2.44. The van der Waals surface area contributed by atoms with Gasteiger partial charge in [-0.1, -0.05) is 20.8 Å². The summed E-state index contributed by atoms with van der Waals surface area (Å²) in [5.74, 6) is 1.69. The van der Waals surface area contributed by atoms with Gasteiger partial charge in [-0.15, -0.1) is 0 Å². The zero-order valence-electron chi connectivity index (χ0n) is 12.3. The van der Waals surface area contributed by atoms with Gasteiger partial charge in [-0.3, -0.25) is 0 Å². The number of rotatable bonds is 3. The quantitative estimate of drug-likeness (QED) is 0.831. The van der Waals surface area contributed by atoms with Crippen LogP contribution in [0.3, 0.4) is 0 Å². The molecule has 2 saturated carbocycles. The van der Waals surface area contributed by atoms with Gasteiger partial charge < -0.3 is 10.1 Å². The molecule has 18 heavy (non-hydrogen) atoms. The summed E-state index contributed by atoms with van der Waals surface area (Å²) in [5.41, 5.74) is 1.05. The van der Waals surface area contributed by atoms with Crippen LogP contribution in [0.4, 0.5) is 0 Å². The normalized spacial score (nSPS) is 46.5. The second-order valence-electron chi connectivity index (χ2n) is 7.84. The van der Waals surface area contributed by atoms with Gasteiger partial charge in [0.15, 0.2) is 0 Å². The zero-order chi connectivity index (χ0) is 12.8. The Labute approximate surface area is 112 Å². The second-order valence-corrected chi connectivity index (χ2v) is 7.84. The van der Waals surface area contributed by atoms with Crippen LogP contribution in [0.5, 0.6) is 0 Å². The van der Waals surface area contributed by atoms with Crippen molar-refractivity contribution in [3.8, 4) is 0 Å². The van der Waals surface area contributed by atoms with Crippen molar-refractivity contribution in [2.45, 2.75) is 58.9 Å². The largest absolute Gasteiger partial charge is 0.381 e. The third-order valence-electron chi connectivity index (χ3n) is 6.14. The van der Waals surface area contributed by atoms with Crippen molar-refractivity contribution in [3.63, 3.8) is 0 Å². The first-order valence-electron chi connectivity index (χ1n) is 7.83. The van der Waals surface area contributed by atoms with E-state index in [1.54, 1.807) is 0 Å². The Bertz CT molecular complexity index is 303. The third kappa shape index (κ3) is 2.02. The summed E-state index contributed by atoms with van der Waals surface area (Å²) in [4.78, 5) is 0. The van der Waals surface area contributed by atoms with E-state index in [4.69, 9.17) is 4.74 Å². The van der Waals surface area contributed by atoms with Crippen LogP contribution in [0, 0.1) is 22.7 Å². The van der Waals surface area contributed by atoms with Crippen molar-refractivity contribution >= 4 is 0 Å². The first-order valence-corrected chi connectivity index (χ1v) is 7.83. The number of fused-ring (bicyclic) bond motifs is 2. The van der Waals surface area contributed by atoms with Gasteiger partial charge in [0.2, 0.25) is 0 Å². The molecule has 0 aromatic rings. The van der Waals surface area contributed by atoms with Crippen LogP contribution in [0.2, 0.25) is 0 Å². The predicted molar refractivity (Wildman–Crippen MR) is 74.6 cm³/mol. The first-order chi connectivity index (χ1) is 8.52. The highest BCUT2D eigenvalue weighted by Crippen LogP contribution is 2.62. The molecular formula is C16H29NO. The molecule has 3 fully saturated rings. The molecule has 0 aromatic heterocycles. The minimum Gasteiger partial charge on any atom is -0.381 e. The van der Waals surface area contributed by atoms with Gasteiger partial charge in [0.05, 0.1) is 6.61 Å². The van der Waals surface area contributed by atoms with Gasteiger partial charge in [-0.25, -0.2) is 0 Å². The molecule has 2 bridgehead atoms. The van der Waals surface area contributed by atoms with Crippen molar-refractivity contribution in [2.75, 3.05) is 19.8 Å². The highest BCUT2D eigenvalue weighted by atomic mass is 16.5. The number of hydrogen-bond acceptors (Lipinski definition) is 2. The molecule has 2 heteroatoms. The van der Waals surface area contributed by atoms with Crippen LogP contribution < -0.4 is 5.32 Å². The molecule has 0 aromatic carbocycles. The fraction of sp³-hybridized carbons (Fsp3) is 1.00. The summed E-state index contributed by atoms with van der Waals surface area (Å²) in [6, 6.07) is 0.714. The standard InChI is InChI=1S/C16H29NO/c1-15(2)13-6-7-16(3,9-13)14(15)17-10-12-5-4-8-18-11-12/h12-14,17H,4-11H2,1-3H3. The number of ether oxygens (including phenoxy) is 1. The van der Waals surface area contributed by atoms with Crippen molar-refractivity contribution in [3.05, 3.63) is 0 Å². The molecule has 3 rings (SSSR count). The van der Waals surface area contributed by atoms with Gasteiger partial charge in [0.1, 0.15) is 0 Å². The van der Waals surface area contributed by atoms with E-state index in [2.05, 4.69) is 26.1 Å². The molecule has 1 aliphatic heterocycles. The lowest BCUT2D eigenvalue weighted by Crippen LogP contribution is -2.51. The number of hydrogen-bond donors (Lipinski definition) is 1. The average Bonchev–Trinajstić information content (AvgIpc) is 2.81. The molecule has 1 heterocycles. The summed E-state index contributed by atoms with van der Waals surface area (Å²) < 4.78 is 5.60. The van der Waals surface area contributed by atoms with Crippen LogP contribution in [0.1, 0.15) is 52.9 Å². The maximum atomic E-state index is 5.60. The van der Waals surface area contributed by atoms with Crippen LogP contribution in [0.15, 0.2) is 0 Å². The SMILES string of the molecule is CC12CCC(C1)C(C)(C)C2NCC1CCCOC1. The topological polar surface area (TPSA) is 21.3 Å². The van der Waals surface area contributed by atoms with Crippen LogP contribution in [-0.2, 0) is 4.74 Å². The summed E-state index contributed by atoms with van der Waals surface area (Å²) >= 11 is 0. The fourth-order valence-electron chi connectivity index (χ4n) is 5.06. The van der Waals surface area contributed by atoms with Crippen molar-refractivity contribution in [1.29, 1.82) is 0 Å². The van der Waals surface area contributed by atoms with E-state index in [0.717, 1.165) is 31.6 Å². The third-order valence-corrected chi connectivity index (χ3v) is 6.14. The molecule has 0 spiro atoms. The number of nitrogens with one attached hydrogen (secondary N) is 1. The van der Waals surface area contributed by atoms with E-state index in [1.165, 1.54) is 32.1 Å². The molecule has 3 aliphatic rings. The molecule has 4 unspecified atom stereocenters. The Hall–Kier alpha value is -0.0800. The first kappa shape index (κ1) is 12.9. The molecular weight excluding hydrogens is 222 g/mol. The van der Waals surface area contributed by atoms with E-state index < -0.39 is 0 Å². The zero-order valence-corrected chi connectivity index (χ0v) is 12.3. The molecule has 1 N–H and O–H groups in total. The smallest absolute Gasteiger partial charge is 0.0506 e. The Kier molecular flexibility index (Phi) is 3.22. The summed E-state index contributed by atoms with van der Waals surface area (Å²) in [6.45, 7) is 10.6. The Morgan fingerprint density at radius 2 is 2.06 bits per heavy atom. The molecule has 2 aliphatic carbocycles. The Morgan fingerprint density at radius 3 is 2.67 bits per heavy atom. The molecule has 0 radical (unpaired) electrons. The predicted octanol–water partition coefficient (Wildman–Crippen LogP) is 3.22. The van der Waals surface area contributed by atoms with Gasteiger partial charge in [-0.2, -0.15) is 0 Å². The van der Waals surface area contributed by atoms with E-state index in [9.17, 15) is 0 Å². The summed E-state index contributed by atoms with van der Waals surface area (Å²) in [5, 5.41) is 3.93. The summed E-state index contributed by atoms with van der Waals surface area (Å²) in [6.07, 6.45) is 6.92. The Balaban J connectivity index is 1.61. The fourth-order valence-corrected chi connectivity index (χ4v) is 5.06. The monoisotopic (exact) mass is 251 g/mol. The van der Waals surface area contributed by atoms with E-state index in [0.29, 0.717) is 16.9 Å². The molecule has 104 valence electrons. The van der Waals surface area contributed by atoms with E-state index >= 15 is 0 Å². The lowest BCUT2D eigenvalue weighted by molar-refractivity contribution is 0.0437. The van der Waals surface area contributed by atoms with Crippen LogP contribution in [-0.4, -0.2) is 25.8 Å². The molecule has 0 amide bonds. The highest BCUT2D eigenvalue weighted by Gasteiger charge is 2.58. The van der Waals surface area contributed by atoms with Crippen molar-refractivity contribution in [2.24, 2.45) is 22.7 Å². The van der Waals surface area contributed by atoms with Gasteiger partial charge in [-0.05, 0) is 54.8 Å². The average molecular weight is 251 g/mol. The summed E-state index contributed by atoms with van der Waals surface area (Å²) in [7, 11) is 0. The van der Waals surface area contributed by atoms with E-state index in [1.807, 2.05) is 0 Å². The maximum Gasteiger partial charge on any atom is 0.0506 e. The molecule has 4 atom stereocenters. The minimum atomic E-state index is 0.489.